The van der Waals surface area contributed by atoms with E-state index >= 15 is 0 Å². The van der Waals surface area contributed by atoms with Gasteiger partial charge in [-0.3, -0.25) is 14.5 Å². The summed E-state index contributed by atoms with van der Waals surface area (Å²) in [5, 5.41) is 0.812. The summed E-state index contributed by atoms with van der Waals surface area (Å²) in [5.74, 6) is 0.866. The fraction of sp³-hybridized carbons (Fsp3) is 0.267. The van der Waals surface area contributed by atoms with E-state index in [9.17, 15) is 9.59 Å². The number of rotatable bonds is 7. The molecule has 0 saturated heterocycles. The number of hydrogen-bond donors (Lipinski definition) is 0. The van der Waals surface area contributed by atoms with E-state index in [2.05, 4.69) is 6.92 Å². The lowest BCUT2D eigenvalue weighted by Crippen LogP contribution is -2.29. The van der Waals surface area contributed by atoms with Crippen LogP contribution in [0.5, 0.6) is 11.5 Å². The summed E-state index contributed by atoms with van der Waals surface area (Å²) in [6.07, 6.45) is 2.01. The average molecular weight is 518 g/mol. The average Bonchev–Trinajstić information content (AvgIpc) is 3.18. The van der Waals surface area contributed by atoms with E-state index in [1.165, 1.54) is 7.11 Å². The van der Waals surface area contributed by atoms with Crippen molar-refractivity contribution in [2.75, 3.05) is 18.6 Å². The first-order valence-electron chi connectivity index (χ1n) is 12.3. The molecule has 190 valence electrons. The molecule has 0 saturated carbocycles. The van der Waals surface area contributed by atoms with E-state index in [0.29, 0.717) is 39.6 Å². The van der Waals surface area contributed by atoms with Crippen molar-refractivity contribution in [2.24, 2.45) is 0 Å². The van der Waals surface area contributed by atoms with Crippen molar-refractivity contribution >= 4 is 34.2 Å². The van der Waals surface area contributed by atoms with Crippen LogP contribution in [0.1, 0.15) is 58.6 Å². The molecule has 2 heterocycles. The number of anilines is 1. The number of amides is 1. The van der Waals surface area contributed by atoms with Gasteiger partial charge in [-0.1, -0.05) is 37.1 Å². The molecular weight excluding hydrogens is 490 g/mol. The fourth-order valence-electron chi connectivity index (χ4n) is 4.70. The van der Waals surface area contributed by atoms with Crippen molar-refractivity contribution in [1.29, 1.82) is 0 Å². The van der Waals surface area contributed by atoms with Crippen molar-refractivity contribution in [3.8, 4) is 11.5 Å². The van der Waals surface area contributed by atoms with Crippen LogP contribution in [0, 0.1) is 13.8 Å². The smallest absolute Gasteiger partial charge is 0.295 e. The lowest BCUT2D eigenvalue weighted by atomic mass is 9.97. The maximum Gasteiger partial charge on any atom is 0.295 e. The zero-order valence-electron chi connectivity index (χ0n) is 21.3. The summed E-state index contributed by atoms with van der Waals surface area (Å²) < 4.78 is 17.2. The van der Waals surface area contributed by atoms with Gasteiger partial charge in [-0.2, -0.15) is 0 Å². The summed E-state index contributed by atoms with van der Waals surface area (Å²) in [6.45, 7) is 6.64. The molecular formula is C30H28ClNO5. The van der Waals surface area contributed by atoms with Gasteiger partial charge in [0, 0.05) is 5.69 Å². The van der Waals surface area contributed by atoms with Crippen LogP contribution in [0.4, 0.5) is 5.69 Å². The largest absolute Gasteiger partial charge is 0.495 e. The minimum Gasteiger partial charge on any atom is -0.495 e. The monoisotopic (exact) mass is 517 g/mol. The number of aryl methyl sites for hydroxylation is 2. The van der Waals surface area contributed by atoms with Crippen molar-refractivity contribution in [3.05, 3.63) is 97.9 Å². The number of methoxy groups -OCH3 is 1. The highest BCUT2D eigenvalue weighted by Gasteiger charge is 2.43. The standard InChI is InChI=1S/C30H28ClNO5/c1-5-6-13-36-21-10-7-19(8-11-21)27-26-28(33)22-14-17(2)18(3)15-25(22)37-29(26)30(34)32(27)20-9-12-24(35-4)23(31)16-20/h7-12,14-16,27H,5-6,13H2,1-4H3. The molecule has 0 N–H and O–H groups in total. The van der Waals surface area contributed by atoms with Crippen LogP contribution in [0.2, 0.25) is 5.02 Å². The third-order valence-electron chi connectivity index (χ3n) is 6.86. The molecule has 1 aliphatic rings. The number of halogens is 1. The molecule has 1 amide bonds. The van der Waals surface area contributed by atoms with Crippen molar-refractivity contribution < 1.29 is 18.7 Å². The molecule has 4 aromatic rings. The highest BCUT2D eigenvalue weighted by molar-refractivity contribution is 6.32. The first kappa shape index (κ1) is 24.9. The fourth-order valence-corrected chi connectivity index (χ4v) is 4.95. The third kappa shape index (κ3) is 4.36. The molecule has 37 heavy (non-hydrogen) atoms. The number of carbonyl (C=O) groups excluding carboxylic acids is 1. The second-order valence-electron chi connectivity index (χ2n) is 9.27. The number of carbonyl (C=O) groups is 1. The van der Waals surface area contributed by atoms with Crippen LogP contribution >= 0.6 is 11.6 Å². The first-order valence-corrected chi connectivity index (χ1v) is 12.7. The Kier molecular flexibility index (Phi) is 6.69. The van der Waals surface area contributed by atoms with E-state index in [1.807, 2.05) is 50.2 Å². The predicted octanol–water partition coefficient (Wildman–Crippen LogP) is 7.00. The molecule has 5 rings (SSSR count). The van der Waals surface area contributed by atoms with Gasteiger partial charge in [0.1, 0.15) is 17.1 Å². The van der Waals surface area contributed by atoms with E-state index in [0.717, 1.165) is 35.3 Å². The summed E-state index contributed by atoms with van der Waals surface area (Å²) in [4.78, 5) is 29.3. The number of hydrogen-bond acceptors (Lipinski definition) is 5. The SMILES string of the molecule is CCCCOc1ccc(C2c3c(oc4cc(C)c(C)cc4c3=O)C(=O)N2c2ccc(OC)c(Cl)c2)cc1. The van der Waals surface area contributed by atoms with Crippen LogP contribution in [0.3, 0.4) is 0 Å². The maximum atomic E-state index is 13.9. The highest BCUT2D eigenvalue weighted by atomic mass is 35.5. The lowest BCUT2D eigenvalue weighted by Gasteiger charge is -2.26. The van der Waals surface area contributed by atoms with E-state index in [1.54, 1.807) is 23.1 Å². The number of fused-ring (bicyclic) bond motifs is 2. The van der Waals surface area contributed by atoms with Gasteiger partial charge in [-0.05, 0) is 79.4 Å². The Bertz CT molecular complexity index is 1560. The Hall–Kier alpha value is -3.77. The van der Waals surface area contributed by atoms with Gasteiger partial charge in [0.25, 0.3) is 5.91 Å². The van der Waals surface area contributed by atoms with Crippen LogP contribution in [0.25, 0.3) is 11.0 Å². The van der Waals surface area contributed by atoms with Gasteiger partial charge >= 0.3 is 0 Å². The zero-order valence-corrected chi connectivity index (χ0v) is 22.0. The summed E-state index contributed by atoms with van der Waals surface area (Å²) in [6, 6.07) is 15.6. The van der Waals surface area contributed by atoms with E-state index in [4.69, 9.17) is 25.5 Å². The predicted molar refractivity (Wildman–Crippen MR) is 145 cm³/mol. The number of benzene rings is 3. The summed E-state index contributed by atoms with van der Waals surface area (Å²) in [7, 11) is 1.53. The Morgan fingerprint density at radius 2 is 1.73 bits per heavy atom. The van der Waals surface area contributed by atoms with Gasteiger partial charge in [0.2, 0.25) is 5.76 Å². The maximum absolute atomic E-state index is 13.9. The number of unbranched alkanes of at least 4 members (excludes halogenated alkanes) is 1. The molecule has 6 nitrogen and oxygen atoms in total. The van der Waals surface area contributed by atoms with Gasteiger partial charge in [0.15, 0.2) is 5.43 Å². The molecule has 1 atom stereocenters. The zero-order chi connectivity index (χ0) is 26.3. The van der Waals surface area contributed by atoms with Gasteiger partial charge in [-0.25, -0.2) is 0 Å². The Balaban J connectivity index is 1.69. The third-order valence-corrected chi connectivity index (χ3v) is 7.16. The van der Waals surface area contributed by atoms with Crippen LogP contribution in [-0.2, 0) is 0 Å². The normalized spacial score (nSPS) is 14.8. The van der Waals surface area contributed by atoms with E-state index in [-0.39, 0.29) is 11.2 Å². The van der Waals surface area contributed by atoms with E-state index < -0.39 is 11.9 Å². The van der Waals surface area contributed by atoms with Crippen LogP contribution in [0.15, 0.2) is 63.8 Å². The van der Waals surface area contributed by atoms with Gasteiger partial charge in [0.05, 0.1) is 35.7 Å². The molecule has 0 aliphatic carbocycles. The molecule has 1 aromatic heterocycles. The van der Waals surface area contributed by atoms with Crippen LogP contribution < -0.4 is 19.8 Å². The molecule has 3 aromatic carbocycles. The lowest BCUT2D eigenvalue weighted by molar-refractivity contribution is 0.0971. The number of nitrogens with zero attached hydrogens (tertiary/aromatic N) is 1. The van der Waals surface area contributed by atoms with Gasteiger partial charge < -0.3 is 13.9 Å². The molecule has 1 unspecified atom stereocenters. The number of ether oxygens (including phenoxy) is 2. The highest BCUT2D eigenvalue weighted by Crippen LogP contribution is 2.43. The second kappa shape index (κ2) is 9.94. The molecule has 0 radical (unpaired) electrons. The topological polar surface area (TPSA) is 69.0 Å². The van der Waals surface area contributed by atoms with Gasteiger partial charge in [-0.15, -0.1) is 0 Å². The first-order chi connectivity index (χ1) is 17.8. The quantitative estimate of drug-likeness (QED) is 0.247. The molecule has 1 aliphatic heterocycles. The Morgan fingerprint density at radius 1 is 1.00 bits per heavy atom. The summed E-state index contributed by atoms with van der Waals surface area (Å²) >= 11 is 6.43. The minimum atomic E-state index is -0.695. The van der Waals surface area contributed by atoms with Crippen molar-refractivity contribution in [3.63, 3.8) is 0 Å². The molecule has 7 heteroatoms. The molecule has 0 fully saturated rings. The van der Waals surface area contributed by atoms with Crippen molar-refractivity contribution in [1.82, 2.24) is 0 Å². The molecule has 0 spiro atoms. The Morgan fingerprint density at radius 3 is 2.41 bits per heavy atom. The summed E-state index contributed by atoms with van der Waals surface area (Å²) in [5.41, 5.74) is 3.75. The minimum absolute atomic E-state index is 0.0426. The van der Waals surface area contributed by atoms with Crippen molar-refractivity contribution in [2.45, 2.75) is 39.7 Å². The van der Waals surface area contributed by atoms with Crippen LogP contribution in [-0.4, -0.2) is 19.6 Å². The molecule has 0 bridgehead atoms. The Labute approximate surface area is 220 Å². The second-order valence-corrected chi connectivity index (χ2v) is 9.68.